The fourth-order valence-electron chi connectivity index (χ4n) is 2.13. The third-order valence-electron chi connectivity index (χ3n) is 3.09. The average Bonchev–Trinajstić information content (AvgIpc) is 3.09. The number of nitrogens with zero attached hydrogens (tertiary/aromatic N) is 3. The molecule has 2 aromatic heterocycles. The van der Waals surface area contributed by atoms with Crippen LogP contribution >= 0.6 is 0 Å². The fraction of sp³-hybridized carbons (Fsp3) is 0.500. The molecule has 0 aliphatic carbocycles. The first-order valence-electron chi connectivity index (χ1n) is 6.26. The average molecular weight is 247 g/mol. The summed E-state index contributed by atoms with van der Waals surface area (Å²) in [5.74, 6) is 0. The summed E-state index contributed by atoms with van der Waals surface area (Å²) in [7, 11) is 0. The van der Waals surface area contributed by atoms with Gasteiger partial charge in [-0.2, -0.15) is 10.2 Å². The normalized spacial score (nSPS) is 19.2. The van der Waals surface area contributed by atoms with Crippen LogP contribution in [0.4, 0.5) is 5.69 Å². The molecule has 1 saturated heterocycles. The SMILES string of the molecule is c1cc(CNc2cnn(CC3CCCO3)c2)[nH]n1. The molecule has 3 heterocycles. The number of H-pyrrole nitrogens is 1. The first-order valence-corrected chi connectivity index (χ1v) is 6.26. The van der Waals surface area contributed by atoms with Crippen molar-refractivity contribution in [3.63, 3.8) is 0 Å². The van der Waals surface area contributed by atoms with E-state index < -0.39 is 0 Å². The van der Waals surface area contributed by atoms with Gasteiger partial charge in [-0.25, -0.2) is 0 Å². The lowest BCUT2D eigenvalue weighted by Crippen LogP contribution is -2.15. The summed E-state index contributed by atoms with van der Waals surface area (Å²) in [4.78, 5) is 0. The van der Waals surface area contributed by atoms with Gasteiger partial charge >= 0.3 is 0 Å². The number of ether oxygens (including phenoxy) is 1. The molecule has 1 aliphatic rings. The lowest BCUT2D eigenvalue weighted by Gasteiger charge is -2.08. The molecule has 6 heteroatoms. The summed E-state index contributed by atoms with van der Waals surface area (Å²) >= 11 is 0. The molecular weight excluding hydrogens is 230 g/mol. The van der Waals surface area contributed by atoms with Gasteiger partial charge in [0.1, 0.15) is 0 Å². The zero-order valence-corrected chi connectivity index (χ0v) is 10.2. The Morgan fingerprint density at radius 2 is 2.56 bits per heavy atom. The van der Waals surface area contributed by atoms with Crippen LogP contribution in [0.2, 0.25) is 0 Å². The van der Waals surface area contributed by atoms with E-state index in [0.717, 1.165) is 43.9 Å². The molecule has 0 radical (unpaired) electrons. The van der Waals surface area contributed by atoms with Crippen LogP contribution in [-0.2, 0) is 17.8 Å². The van der Waals surface area contributed by atoms with Crippen LogP contribution in [0.15, 0.2) is 24.7 Å². The molecule has 0 saturated carbocycles. The Labute approximate surface area is 105 Å². The molecule has 18 heavy (non-hydrogen) atoms. The van der Waals surface area contributed by atoms with Crippen LogP contribution in [0.25, 0.3) is 0 Å². The smallest absolute Gasteiger partial charge is 0.0771 e. The van der Waals surface area contributed by atoms with Gasteiger partial charge in [0.15, 0.2) is 0 Å². The lowest BCUT2D eigenvalue weighted by molar-refractivity contribution is 0.0940. The second-order valence-corrected chi connectivity index (χ2v) is 4.52. The van der Waals surface area contributed by atoms with E-state index in [0.29, 0.717) is 6.10 Å². The predicted octanol–water partition coefficient (Wildman–Crippen LogP) is 1.40. The van der Waals surface area contributed by atoms with Crippen molar-refractivity contribution >= 4 is 5.69 Å². The van der Waals surface area contributed by atoms with Crippen LogP contribution in [0.1, 0.15) is 18.5 Å². The van der Waals surface area contributed by atoms with Crippen molar-refractivity contribution in [2.24, 2.45) is 0 Å². The van der Waals surface area contributed by atoms with E-state index in [1.165, 1.54) is 0 Å². The molecule has 0 amide bonds. The summed E-state index contributed by atoms with van der Waals surface area (Å²) in [6, 6.07) is 1.95. The van der Waals surface area contributed by atoms with Gasteiger partial charge in [-0.3, -0.25) is 9.78 Å². The number of hydrogen-bond acceptors (Lipinski definition) is 4. The maximum absolute atomic E-state index is 5.59. The van der Waals surface area contributed by atoms with Gasteiger partial charge in [0.2, 0.25) is 0 Å². The molecule has 3 rings (SSSR count). The molecule has 1 fully saturated rings. The van der Waals surface area contributed by atoms with Gasteiger partial charge in [0, 0.05) is 19.0 Å². The number of hydrogen-bond donors (Lipinski definition) is 2. The monoisotopic (exact) mass is 247 g/mol. The molecule has 96 valence electrons. The quantitative estimate of drug-likeness (QED) is 0.838. The number of aromatic amines is 1. The molecule has 1 atom stereocenters. The molecule has 2 aromatic rings. The van der Waals surface area contributed by atoms with Crippen LogP contribution in [0.5, 0.6) is 0 Å². The Hall–Kier alpha value is -1.82. The summed E-state index contributed by atoms with van der Waals surface area (Å²) in [6.07, 6.45) is 8.22. The summed E-state index contributed by atoms with van der Waals surface area (Å²) in [5.41, 5.74) is 2.07. The highest BCUT2D eigenvalue weighted by Crippen LogP contribution is 2.15. The highest BCUT2D eigenvalue weighted by molar-refractivity contribution is 5.38. The highest BCUT2D eigenvalue weighted by atomic mass is 16.5. The second kappa shape index (κ2) is 5.22. The van der Waals surface area contributed by atoms with Crippen LogP contribution in [0.3, 0.4) is 0 Å². The van der Waals surface area contributed by atoms with E-state index in [1.807, 2.05) is 23.1 Å². The number of anilines is 1. The standard InChI is InChI=1S/C12H17N5O/c1-2-12(18-5-1)9-17-8-11(7-15-17)13-6-10-3-4-14-16-10/h3-4,7-8,12-13H,1-2,5-6,9H2,(H,14,16). The lowest BCUT2D eigenvalue weighted by atomic mass is 10.2. The maximum Gasteiger partial charge on any atom is 0.0771 e. The summed E-state index contributed by atoms with van der Waals surface area (Å²) in [6.45, 7) is 2.45. The predicted molar refractivity (Wildman–Crippen MR) is 67.1 cm³/mol. The van der Waals surface area contributed by atoms with E-state index in [4.69, 9.17) is 4.74 Å². The number of aromatic nitrogens is 4. The van der Waals surface area contributed by atoms with Crippen molar-refractivity contribution in [2.75, 3.05) is 11.9 Å². The second-order valence-electron chi connectivity index (χ2n) is 4.52. The molecule has 1 unspecified atom stereocenters. The molecule has 2 N–H and O–H groups in total. The van der Waals surface area contributed by atoms with Crippen molar-refractivity contribution in [3.8, 4) is 0 Å². The van der Waals surface area contributed by atoms with Gasteiger partial charge < -0.3 is 10.1 Å². The number of nitrogens with one attached hydrogen (secondary N) is 2. The fourth-order valence-corrected chi connectivity index (χ4v) is 2.13. The Morgan fingerprint density at radius 3 is 3.33 bits per heavy atom. The van der Waals surface area contributed by atoms with Crippen LogP contribution in [0, 0.1) is 0 Å². The number of rotatable bonds is 5. The van der Waals surface area contributed by atoms with Gasteiger partial charge in [-0.05, 0) is 18.9 Å². The Bertz CT molecular complexity index is 472. The van der Waals surface area contributed by atoms with Gasteiger partial charge in [-0.1, -0.05) is 0 Å². The first kappa shape index (κ1) is 11.3. The highest BCUT2D eigenvalue weighted by Gasteiger charge is 2.16. The minimum Gasteiger partial charge on any atom is -0.377 e. The minimum absolute atomic E-state index is 0.324. The van der Waals surface area contributed by atoms with Crippen molar-refractivity contribution in [2.45, 2.75) is 32.0 Å². The third kappa shape index (κ3) is 2.70. The van der Waals surface area contributed by atoms with E-state index in [2.05, 4.69) is 20.6 Å². The van der Waals surface area contributed by atoms with E-state index in [9.17, 15) is 0 Å². The van der Waals surface area contributed by atoms with Gasteiger partial charge in [-0.15, -0.1) is 0 Å². The maximum atomic E-state index is 5.59. The van der Waals surface area contributed by atoms with Crippen molar-refractivity contribution < 1.29 is 4.74 Å². The molecular formula is C12H17N5O. The molecule has 6 nitrogen and oxygen atoms in total. The van der Waals surface area contributed by atoms with Crippen molar-refractivity contribution in [1.82, 2.24) is 20.0 Å². The third-order valence-corrected chi connectivity index (χ3v) is 3.09. The minimum atomic E-state index is 0.324. The Balaban J connectivity index is 1.52. The topological polar surface area (TPSA) is 67.8 Å². The molecule has 0 spiro atoms. The Morgan fingerprint density at radius 1 is 1.56 bits per heavy atom. The van der Waals surface area contributed by atoms with Crippen molar-refractivity contribution in [1.29, 1.82) is 0 Å². The van der Waals surface area contributed by atoms with E-state index in [-0.39, 0.29) is 0 Å². The van der Waals surface area contributed by atoms with Crippen LogP contribution < -0.4 is 5.32 Å². The van der Waals surface area contributed by atoms with Crippen LogP contribution in [-0.4, -0.2) is 32.7 Å². The van der Waals surface area contributed by atoms with Crippen molar-refractivity contribution in [3.05, 3.63) is 30.4 Å². The molecule has 1 aliphatic heterocycles. The van der Waals surface area contributed by atoms with E-state index >= 15 is 0 Å². The molecule has 0 bridgehead atoms. The van der Waals surface area contributed by atoms with Gasteiger partial charge in [0.05, 0.1) is 36.8 Å². The zero-order valence-electron chi connectivity index (χ0n) is 10.2. The first-order chi connectivity index (χ1) is 8.90. The Kier molecular flexibility index (Phi) is 3.27. The largest absolute Gasteiger partial charge is 0.377 e. The van der Waals surface area contributed by atoms with Gasteiger partial charge in [0.25, 0.3) is 0 Å². The summed E-state index contributed by atoms with van der Waals surface area (Å²) < 4.78 is 7.53. The van der Waals surface area contributed by atoms with E-state index in [1.54, 1.807) is 6.20 Å². The zero-order chi connectivity index (χ0) is 12.2. The summed E-state index contributed by atoms with van der Waals surface area (Å²) in [5, 5.41) is 14.4. The molecule has 0 aromatic carbocycles.